The Morgan fingerprint density at radius 1 is 1.22 bits per heavy atom. The molecule has 0 radical (unpaired) electrons. The molecule has 1 aromatic rings. The third-order valence-corrected chi connectivity index (χ3v) is 2.80. The number of nitrogens with zero attached hydrogens (tertiary/aromatic N) is 3. The molecule has 0 atom stereocenters. The first-order chi connectivity index (χ1) is 8.44. The summed E-state index contributed by atoms with van der Waals surface area (Å²) in [6, 6.07) is 1.95. The average molecular weight is 248 g/mol. The Morgan fingerprint density at radius 2 is 1.89 bits per heavy atom. The lowest BCUT2D eigenvalue weighted by atomic mass is 10.1. The van der Waals surface area contributed by atoms with Gasteiger partial charge in [0.1, 0.15) is 23.7 Å². The molecular weight excluding hydrogens is 228 g/mol. The van der Waals surface area contributed by atoms with E-state index in [0.29, 0.717) is 18.6 Å². The molecule has 1 saturated heterocycles. The molecule has 0 spiro atoms. The van der Waals surface area contributed by atoms with E-state index in [1.165, 1.54) is 0 Å². The summed E-state index contributed by atoms with van der Waals surface area (Å²) in [5, 5.41) is 3.32. The molecule has 1 aliphatic rings. The summed E-state index contributed by atoms with van der Waals surface area (Å²) in [6.07, 6.45) is 2.80. The Labute approximate surface area is 108 Å². The van der Waals surface area contributed by atoms with Gasteiger partial charge in [0.15, 0.2) is 0 Å². The molecule has 1 aliphatic heterocycles. The summed E-state index contributed by atoms with van der Waals surface area (Å²) in [7, 11) is 0. The van der Waals surface area contributed by atoms with Crippen LogP contribution in [0.4, 0.5) is 11.6 Å². The zero-order valence-corrected chi connectivity index (χ0v) is 11.2. The molecule has 2 heterocycles. The number of ketones is 1. The predicted octanol–water partition coefficient (Wildman–Crippen LogP) is 1.86. The van der Waals surface area contributed by atoms with Gasteiger partial charge >= 0.3 is 0 Å². The molecule has 0 aromatic carbocycles. The van der Waals surface area contributed by atoms with Crippen LogP contribution in [0.15, 0.2) is 12.4 Å². The third kappa shape index (κ3) is 3.42. The normalized spacial score (nSPS) is 16.8. The predicted molar refractivity (Wildman–Crippen MR) is 71.9 cm³/mol. The number of carbonyl (C=O) groups is 1. The summed E-state index contributed by atoms with van der Waals surface area (Å²) in [4.78, 5) is 21.9. The molecule has 5 nitrogen and oxygen atoms in total. The van der Waals surface area contributed by atoms with E-state index in [0.717, 1.165) is 24.7 Å². The van der Waals surface area contributed by atoms with Gasteiger partial charge in [-0.25, -0.2) is 9.97 Å². The van der Waals surface area contributed by atoms with Gasteiger partial charge in [0, 0.05) is 37.5 Å². The topological polar surface area (TPSA) is 58.1 Å². The monoisotopic (exact) mass is 248 g/mol. The van der Waals surface area contributed by atoms with Gasteiger partial charge < -0.3 is 10.2 Å². The van der Waals surface area contributed by atoms with Crippen molar-refractivity contribution >= 4 is 17.4 Å². The van der Waals surface area contributed by atoms with Gasteiger partial charge in [-0.2, -0.15) is 0 Å². The van der Waals surface area contributed by atoms with Crippen LogP contribution < -0.4 is 10.2 Å². The number of carbonyl (C=O) groups excluding carboxylic acids is 1. The number of anilines is 2. The highest BCUT2D eigenvalue weighted by Gasteiger charge is 2.18. The van der Waals surface area contributed by atoms with Gasteiger partial charge in [0.25, 0.3) is 0 Å². The minimum Gasteiger partial charge on any atom is -0.365 e. The number of Topliss-reactive ketones (excluding diaryl/α,β-unsaturated/α-hetero) is 1. The molecular formula is C13H20N4O. The minimum absolute atomic E-state index is 0.0243. The number of piperidine rings is 1. The number of rotatable bonds is 2. The van der Waals surface area contributed by atoms with Crippen molar-refractivity contribution in [2.45, 2.75) is 39.2 Å². The van der Waals surface area contributed by atoms with E-state index in [9.17, 15) is 4.79 Å². The van der Waals surface area contributed by atoms with E-state index in [2.05, 4.69) is 41.0 Å². The molecule has 0 saturated carbocycles. The molecule has 5 heteroatoms. The van der Waals surface area contributed by atoms with Crippen LogP contribution in [0.3, 0.4) is 0 Å². The van der Waals surface area contributed by atoms with E-state index >= 15 is 0 Å². The minimum atomic E-state index is -0.0243. The molecule has 18 heavy (non-hydrogen) atoms. The molecule has 0 unspecified atom stereocenters. The molecule has 1 N–H and O–H groups in total. The second-order valence-electron chi connectivity index (χ2n) is 5.66. The number of nitrogens with one attached hydrogen (secondary N) is 1. The SMILES string of the molecule is CC(C)(C)Nc1cc(N2CCC(=O)CC2)ncn1. The summed E-state index contributed by atoms with van der Waals surface area (Å²) >= 11 is 0. The zero-order chi connectivity index (χ0) is 13.2. The van der Waals surface area contributed by atoms with E-state index in [-0.39, 0.29) is 5.54 Å². The van der Waals surface area contributed by atoms with Gasteiger partial charge in [-0.05, 0) is 20.8 Å². The smallest absolute Gasteiger partial charge is 0.136 e. The van der Waals surface area contributed by atoms with Crippen LogP contribution in [-0.4, -0.2) is 34.4 Å². The first-order valence-electron chi connectivity index (χ1n) is 6.31. The maximum atomic E-state index is 11.2. The molecule has 0 bridgehead atoms. The van der Waals surface area contributed by atoms with Crippen molar-refractivity contribution in [3.05, 3.63) is 12.4 Å². The summed E-state index contributed by atoms with van der Waals surface area (Å²) in [5.74, 6) is 2.06. The van der Waals surface area contributed by atoms with Crippen molar-refractivity contribution < 1.29 is 4.79 Å². The lowest BCUT2D eigenvalue weighted by Crippen LogP contribution is -2.34. The fourth-order valence-electron chi connectivity index (χ4n) is 1.96. The van der Waals surface area contributed by atoms with E-state index in [1.807, 2.05) is 6.07 Å². The molecule has 2 rings (SSSR count). The van der Waals surface area contributed by atoms with Crippen molar-refractivity contribution in [2.24, 2.45) is 0 Å². The zero-order valence-electron chi connectivity index (χ0n) is 11.2. The van der Waals surface area contributed by atoms with Crippen LogP contribution in [-0.2, 0) is 4.79 Å². The Morgan fingerprint density at radius 3 is 2.50 bits per heavy atom. The molecule has 0 amide bonds. The Hall–Kier alpha value is -1.65. The number of aromatic nitrogens is 2. The highest BCUT2D eigenvalue weighted by Crippen LogP contribution is 2.19. The maximum Gasteiger partial charge on any atom is 0.136 e. The van der Waals surface area contributed by atoms with Crippen molar-refractivity contribution in [3.63, 3.8) is 0 Å². The lowest BCUT2D eigenvalue weighted by Gasteiger charge is -2.28. The maximum absolute atomic E-state index is 11.2. The van der Waals surface area contributed by atoms with Crippen molar-refractivity contribution in [2.75, 3.05) is 23.3 Å². The quantitative estimate of drug-likeness (QED) is 0.865. The second-order valence-corrected chi connectivity index (χ2v) is 5.66. The van der Waals surface area contributed by atoms with Gasteiger partial charge in [0.2, 0.25) is 0 Å². The van der Waals surface area contributed by atoms with E-state index in [4.69, 9.17) is 0 Å². The summed E-state index contributed by atoms with van der Waals surface area (Å²) in [5.41, 5.74) is -0.0243. The second kappa shape index (κ2) is 4.92. The first kappa shape index (κ1) is 12.8. The average Bonchev–Trinajstić information content (AvgIpc) is 2.28. The largest absolute Gasteiger partial charge is 0.365 e. The van der Waals surface area contributed by atoms with Crippen LogP contribution in [0, 0.1) is 0 Å². The Bertz CT molecular complexity index is 429. The van der Waals surface area contributed by atoms with Crippen LogP contribution >= 0.6 is 0 Å². The summed E-state index contributed by atoms with van der Waals surface area (Å²) < 4.78 is 0. The summed E-state index contributed by atoms with van der Waals surface area (Å²) in [6.45, 7) is 7.78. The standard InChI is InChI=1S/C13H20N4O/c1-13(2,3)16-11-8-12(15-9-14-11)17-6-4-10(18)5-7-17/h8-9H,4-7H2,1-3H3,(H,14,15,16). The highest BCUT2D eigenvalue weighted by molar-refractivity contribution is 5.80. The highest BCUT2D eigenvalue weighted by atomic mass is 16.1. The third-order valence-electron chi connectivity index (χ3n) is 2.80. The molecule has 1 aromatic heterocycles. The van der Waals surface area contributed by atoms with Crippen molar-refractivity contribution in [3.8, 4) is 0 Å². The first-order valence-corrected chi connectivity index (χ1v) is 6.31. The fourth-order valence-corrected chi connectivity index (χ4v) is 1.96. The molecule has 98 valence electrons. The number of hydrogen-bond donors (Lipinski definition) is 1. The van der Waals surface area contributed by atoms with Crippen LogP contribution in [0.1, 0.15) is 33.6 Å². The lowest BCUT2D eigenvalue weighted by molar-refractivity contribution is -0.119. The van der Waals surface area contributed by atoms with E-state index in [1.54, 1.807) is 6.33 Å². The van der Waals surface area contributed by atoms with Gasteiger partial charge in [-0.3, -0.25) is 4.79 Å². The fraction of sp³-hybridized carbons (Fsp3) is 0.615. The Balaban J connectivity index is 2.09. The van der Waals surface area contributed by atoms with Gasteiger partial charge in [0.05, 0.1) is 0 Å². The van der Waals surface area contributed by atoms with Crippen molar-refractivity contribution in [1.29, 1.82) is 0 Å². The Kier molecular flexibility index (Phi) is 3.50. The van der Waals surface area contributed by atoms with Crippen LogP contribution in [0.2, 0.25) is 0 Å². The van der Waals surface area contributed by atoms with Gasteiger partial charge in [-0.15, -0.1) is 0 Å². The van der Waals surface area contributed by atoms with Crippen LogP contribution in [0.25, 0.3) is 0 Å². The van der Waals surface area contributed by atoms with Gasteiger partial charge in [-0.1, -0.05) is 0 Å². The molecule has 0 aliphatic carbocycles. The number of hydrogen-bond acceptors (Lipinski definition) is 5. The van der Waals surface area contributed by atoms with Crippen molar-refractivity contribution in [1.82, 2.24) is 9.97 Å². The van der Waals surface area contributed by atoms with E-state index < -0.39 is 0 Å². The van der Waals surface area contributed by atoms with Crippen LogP contribution in [0.5, 0.6) is 0 Å². The molecule has 1 fully saturated rings.